The lowest BCUT2D eigenvalue weighted by molar-refractivity contribution is -0.119. The van der Waals surface area contributed by atoms with E-state index in [0.29, 0.717) is 41.3 Å². The van der Waals surface area contributed by atoms with E-state index in [1.54, 1.807) is 12.1 Å². The third-order valence-corrected chi connectivity index (χ3v) is 6.11. The average Bonchev–Trinajstić information content (AvgIpc) is 3.31. The Labute approximate surface area is 199 Å². The number of ether oxygens (including phenoxy) is 2. The number of thioether (sulfide) groups is 1. The summed E-state index contributed by atoms with van der Waals surface area (Å²) in [5.74, 6) is 1.63. The molecule has 0 saturated heterocycles. The van der Waals surface area contributed by atoms with Crippen LogP contribution in [0.4, 0.5) is 4.39 Å². The molecule has 0 fully saturated rings. The van der Waals surface area contributed by atoms with Crippen LogP contribution in [0.2, 0.25) is 0 Å². The molecule has 5 rings (SSSR count). The summed E-state index contributed by atoms with van der Waals surface area (Å²) >= 11 is 1.26. The van der Waals surface area contributed by atoms with Crippen molar-refractivity contribution in [3.63, 3.8) is 0 Å². The van der Waals surface area contributed by atoms with Gasteiger partial charge in [-0.25, -0.2) is 4.39 Å². The first-order chi connectivity index (χ1) is 16.7. The van der Waals surface area contributed by atoms with Crippen molar-refractivity contribution in [1.82, 2.24) is 20.1 Å². The molecule has 1 atom stereocenters. The highest BCUT2D eigenvalue weighted by Gasteiger charge is 2.22. The van der Waals surface area contributed by atoms with E-state index in [1.807, 2.05) is 59.2 Å². The van der Waals surface area contributed by atoms with Crippen LogP contribution >= 0.6 is 11.8 Å². The van der Waals surface area contributed by atoms with E-state index in [4.69, 9.17) is 9.47 Å². The molecule has 7 nitrogen and oxygen atoms in total. The zero-order valence-corrected chi connectivity index (χ0v) is 18.9. The van der Waals surface area contributed by atoms with E-state index in [2.05, 4.69) is 15.5 Å². The predicted molar refractivity (Wildman–Crippen MR) is 127 cm³/mol. The molecule has 0 bridgehead atoms. The fourth-order valence-corrected chi connectivity index (χ4v) is 4.31. The second-order valence-electron chi connectivity index (χ2n) is 7.57. The van der Waals surface area contributed by atoms with Gasteiger partial charge in [-0.3, -0.25) is 9.36 Å². The first kappa shape index (κ1) is 22.0. The van der Waals surface area contributed by atoms with Crippen molar-refractivity contribution in [2.24, 2.45) is 0 Å². The third kappa shape index (κ3) is 4.89. The van der Waals surface area contributed by atoms with E-state index in [1.165, 1.54) is 23.9 Å². The number of rotatable bonds is 7. The van der Waals surface area contributed by atoms with Gasteiger partial charge in [-0.15, -0.1) is 10.2 Å². The predicted octanol–water partition coefficient (Wildman–Crippen LogP) is 4.12. The number of fused-ring (bicyclic) bond motifs is 1. The van der Waals surface area contributed by atoms with Crippen molar-refractivity contribution in [3.8, 4) is 28.6 Å². The van der Waals surface area contributed by atoms with Gasteiger partial charge < -0.3 is 14.8 Å². The molecule has 2 heterocycles. The smallest absolute Gasteiger partial charge is 0.230 e. The maximum atomic E-state index is 13.5. The van der Waals surface area contributed by atoms with Crippen molar-refractivity contribution in [2.75, 3.05) is 18.9 Å². The van der Waals surface area contributed by atoms with Crippen molar-refractivity contribution in [3.05, 3.63) is 84.7 Å². The molecule has 0 radical (unpaired) electrons. The number of hydrogen-bond donors (Lipinski definition) is 1. The lowest BCUT2D eigenvalue weighted by Crippen LogP contribution is -2.41. The first-order valence-corrected chi connectivity index (χ1v) is 11.7. The van der Waals surface area contributed by atoms with Gasteiger partial charge in [0.05, 0.1) is 12.3 Å². The Morgan fingerprint density at radius 3 is 2.53 bits per heavy atom. The van der Waals surface area contributed by atoms with Crippen molar-refractivity contribution in [2.45, 2.75) is 11.3 Å². The van der Waals surface area contributed by atoms with E-state index >= 15 is 0 Å². The number of halogens is 1. The van der Waals surface area contributed by atoms with Crippen molar-refractivity contribution >= 4 is 17.7 Å². The highest BCUT2D eigenvalue weighted by atomic mass is 32.2. The van der Waals surface area contributed by atoms with Gasteiger partial charge >= 0.3 is 0 Å². The van der Waals surface area contributed by atoms with E-state index in [0.717, 1.165) is 5.56 Å². The molecule has 0 aliphatic carbocycles. The van der Waals surface area contributed by atoms with Gasteiger partial charge in [0.1, 0.15) is 18.5 Å². The number of benzene rings is 3. The molecule has 3 aromatic carbocycles. The minimum absolute atomic E-state index is 0.137. The summed E-state index contributed by atoms with van der Waals surface area (Å²) < 4.78 is 26.9. The second kappa shape index (κ2) is 9.96. The lowest BCUT2D eigenvalue weighted by Gasteiger charge is -2.26. The number of para-hydroxylation sites is 2. The van der Waals surface area contributed by atoms with Crippen LogP contribution in [-0.2, 0) is 4.79 Å². The lowest BCUT2D eigenvalue weighted by atomic mass is 10.2. The van der Waals surface area contributed by atoms with Crippen LogP contribution in [0.15, 0.2) is 84.0 Å². The molecule has 9 heteroatoms. The van der Waals surface area contributed by atoms with Crippen LogP contribution < -0.4 is 14.8 Å². The molecule has 0 saturated carbocycles. The van der Waals surface area contributed by atoms with Crippen LogP contribution in [-0.4, -0.2) is 45.7 Å². The number of carbonyl (C=O) groups is 1. The molecule has 4 aromatic rings. The van der Waals surface area contributed by atoms with E-state index in [-0.39, 0.29) is 23.6 Å². The summed E-state index contributed by atoms with van der Waals surface area (Å²) in [6.07, 6.45) is -0.267. The fourth-order valence-electron chi connectivity index (χ4n) is 3.53. The highest BCUT2D eigenvalue weighted by molar-refractivity contribution is 7.99. The quantitative estimate of drug-likeness (QED) is 0.405. The number of nitrogens with one attached hydrogen (secondary N) is 1. The maximum Gasteiger partial charge on any atom is 0.230 e. The summed E-state index contributed by atoms with van der Waals surface area (Å²) in [7, 11) is 0. The summed E-state index contributed by atoms with van der Waals surface area (Å²) in [6.45, 7) is 0.692. The number of amides is 1. The Hall–Kier alpha value is -3.85. The van der Waals surface area contributed by atoms with Gasteiger partial charge in [-0.05, 0) is 36.4 Å². The van der Waals surface area contributed by atoms with Gasteiger partial charge in [0, 0.05) is 11.3 Å². The zero-order chi connectivity index (χ0) is 23.3. The fraction of sp³-hybridized carbons (Fsp3) is 0.160. The standard InChI is InChI=1S/C25H21FN4O3S/c26-18-10-12-19(13-11-18)30-24(17-6-2-1-3-7-17)28-29-25(30)34-16-23(31)27-14-20-15-32-21-8-4-5-9-22(21)33-20/h1-13,20H,14-16H2,(H,27,31). The molecule has 1 aromatic heterocycles. The third-order valence-electron chi connectivity index (χ3n) is 5.18. The second-order valence-corrected chi connectivity index (χ2v) is 8.52. The van der Waals surface area contributed by atoms with Crippen LogP contribution in [0.1, 0.15) is 0 Å². The summed E-state index contributed by atoms with van der Waals surface area (Å²) in [5.41, 5.74) is 1.57. The summed E-state index contributed by atoms with van der Waals surface area (Å²) in [5, 5.41) is 12.1. The SMILES string of the molecule is O=C(CSc1nnc(-c2ccccc2)n1-c1ccc(F)cc1)NCC1COc2ccccc2O1. The van der Waals surface area contributed by atoms with Gasteiger partial charge in [0.2, 0.25) is 5.91 Å². The minimum Gasteiger partial charge on any atom is -0.486 e. The minimum atomic E-state index is -0.330. The first-order valence-electron chi connectivity index (χ1n) is 10.7. The normalized spacial score (nSPS) is 14.6. The van der Waals surface area contributed by atoms with E-state index < -0.39 is 0 Å². The molecule has 34 heavy (non-hydrogen) atoms. The highest BCUT2D eigenvalue weighted by Crippen LogP contribution is 2.31. The molecule has 1 aliphatic heterocycles. The Morgan fingerprint density at radius 2 is 1.74 bits per heavy atom. The summed E-state index contributed by atoms with van der Waals surface area (Å²) in [6, 6.07) is 23.1. The van der Waals surface area contributed by atoms with Crippen LogP contribution in [0.5, 0.6) is 11.5 Å². The van der Waals surface area contributed by atoms with Gasteiger partial charge in [-0.1, -0.05) is 54.2 Å². The van der Waals surface area contributed by atoms with Gasteiger partial charge in [0.15, 0.2) is 22.5 Å². The average molecular weight is 477 g/mol. The maximum absolute atomic E-state index is 13.5. The largest absolute Gasteiger partial charge is 0.486 e. The number of carbonyl (C=O) groups excluding carboxylic acids is 1. The topological polar surface area (TPSA) is 78.3 Å². The van der Waals surface area contributed by atoms with Crippen LogP contribution in [0.3, 0.4) is 0 Å². The van der Waals surface area contributed by atoms with Gasteiger partial charge in [-0.2, -0.15) is 0 Å². The van der Waals surface area contributed by atoms with E-state index in [9.17, 15) is 9.18 Å². The van der Waals surface area contributed by atoms with Crippen LogP contribution in [0.25, 0.3) is 17.1 Å². The zero-order valence-electron chi connectivity index (χ0n) is 18.1. The Morgan fingerprint density at radius 1 is 1.00 bits per heavy atom. The Kier molecular flexibility index (Phi) is 6.44. The molecule has 172 valence electrons. The molecule has 1 unspecified atom stereocenters. The molecule has 1 N–H and O–H groups in total. The number of hydrogen-bond acceptors (Lipinski definition) is 6. The molecule has 1 aliphatic rings. The summed E-state index contributed by atoms with van der Waals surface area (Å²) in [4.78, 5) is 12.5. The Bertz CT molecular complexity index is 1280. The van der Waals surface area contributed by atoms with Crippen LogP contribution in [0, 0.1) is 5.82 Å². The van der Waals surface area contributed by atoms with Gasteiger partial charge in [0.25, 0.3) is 0 Å². The van der Waals surface area contributed by atoms with Crippen molar-refractivity contribution in [1.29, 1.82) is 0 Å². The van der Waals surface area contributed by atoms with Crippen molar-refractivity contribution < 1.29 is 18.7 Å². The Balaban J connectivity index is 1.26. The number of nitrogens with zero attached hydrogens (tertiary/aromatic N) is 3. The molecular weight excluding hydrogens is 455 g/mol. The molecule has 0 spiro atoms. The monoisotopic (exact) mass is 476 g/mol. The number of aromatic nitrogens is 3. The molecule has 1 amide bonds. The molecular formula is C25H21FN4O3S.